The van der Waals surface area contributed by atoms with Crippen molar-refractivity contribution in [2.45, 2.75) is 12.1 Å². The summed E-state index contributed by atoms with van der Waals surface area (Å²) in [6, 6.07) is 16.8. The minimum absolute atomic E-state index is 0.167. The van der Waals surface area contributed by atoms with Gasteiger partial charge < -0.3 is 5.32 Å². The molecule has 0 saturated carbocycles. The molecule has 2 aromatic carbocycles. The van der Waals surface area contributed by atoms with Gasteiger partial charge in [-0.2, -0.15) is 5.26 Å². The third kappa shape index (κ3) is 4.05. The summed E-state index contributed by atoms with van der Waals surface area (Å²) in [7, 11) is 0. The minimum atomic E-state index is -0.167. The number of nitrogens with one attached hydrogen (secondary N) is 1. The van der Waals surface area contributed by atoms with Crippen LogP contribution >= 0.6 is 11.8 Å². The van der Waals surface area contributed by atoms with Gasteiger partial charge in [-0.15, -0.1) is 10.2 Å². The van der Waals surface area contributed by atoms with Crippen molar-refractivity contribution in [3.63, 3.8) is 0 Å². The lowest BCUT2D eigenvalue weighted by atomic mass is 10.2. The average molecular weight is 349 g/mol. The molecule has 124 valence electrons. The molecule has 0 unspecified atom stereocenters. The van der Waals surface area contributed by atoms with E-state index >= 15 is 0 Å². The Kier molecular flexibility index (Phi) is 5.11. The number of para-hydroxylation sites is 1. The predicted octanol–water partition coefficient (Wildman–Crippen LogP) is 3.18. The van der Waals surface area contributed by atoms with Crippen molar-refractivity contribution in [1.82, 2.24) is 14.8 Å². The van der Waals surface area contributed by atoms with Crippen LogP contribution in [0.1, 0.15) is 11.1 Å². The van der Waals surface area contributed by atoms with Crippen molar-refractivity contribution in [3.05, 3.63) is 66.0 Å². The van der Waals surface area contributed by atoms with Crippen LogP contribution < -0.4 is 5.32 Å². The fourth-order valence-corrected chi connectivity index (χ4v) is 3.04. The highest BCUT2D eigenvalue weighted by Crippen LogP contribution is 2.22. The Hall–Kier alpha value is -3.11. The number of nitrogens with zero attached hydrogens (tertiary/aromatic N) is 4. The molecule has 0 aliphatic heterocycles. The number of hydrogen-bond donors (Lipinski definition) is 1. The summed E-state index contributed by atoms with van der Waals surface area (Å²) in [5, 5.41) is 20.4. The van der Waals surface area contributed by atoms with Crippen molar-refractivity contribution in [1.29, 1.82) is 5.26 Å². The van der Waals surface area contributed by atoms with Gasteiger partial charge in [0.2, 0.25) is 5.91 Å². The van der Waals surface area contributed by atoms with Crippen LogP contribution in [0.4, 0.5) is 5.69 Å². The van der Waals surface area contributed by atoms with Crippen molar-refractivity contribution < 1.29 is 4.79 Å². The summed E-state index contributed by atoms with van der Waals surface area (Å²) >= 11 is 1.31. The van der Waals surface area contributed by atoms with Crippen LogP contribution in [-0.2, 0) is 4.79 Å². The Labute approximate surface area is 149 Å². The molecule has 3 aromatic rings. The quantitative estimate of drug-likeness (QED) is 0.715. The number of carbonyl (C=O) groups excluding carboxylic acids is 1. The number of nitriles is 1. The summed E-state index contributed by atoms with van der Waals surface area (Å²) in [4.78, 5) is 12.1. The molecule has 0 aliphatic carbocycles. The second kappa shape index (κ2) is 7.64. The van der Waals surface area contributed by atoms with E-state index in [2.05, 4.69) is 15.5 Å². The molecule has 25 heavy (non-hydrogen) atoms. The number of hydrogen-bond acceptors (Lipinski definition) is 5. The number of aromatic nitrogens is 3. The summed E-state index contributed by atoms with van der Waals surface area (Å²) in [5.41, 5.74) is 3.19. The Morgan fingerprint density at radius 3 is 2.92 bits per heavy atom. The highest BCUT2D eigenvalue weighted by Gasteiger charge is 2.11. The van der Waals surface area contributed by atoms with E-state index in [1.165, 1.54) is 11.8 Å². The van der Waals surface area contributed by atoms with Gasteiger partial charge in [0.1, 0.15) is 6.33 Å². The fourth-order valence-electron chi connectivity index (χ4n) is 2.32. The molecule has 0 atom stereocenters. The topological polar surface area (TPSA) is 83.6 Å². The lowest BCUT2D eigenvalue weighted by Crippen LogP contribution is -2.14. The zero-order chi connectivity index (χ0) is 17.6. The molecule has 6 nitrogen and oxygen atoms in total. The molecule has 7 heteroatoms. The second-order valence-corrected chi connectivity index (χ2v) is 6.24. The maximum absolute atomic E-state index is 12.1. The molecule has 0 radical (unpaired) electrons. The van der Waals surface area contributed by atoms with Crippen LogP contribution in [0.5, 0.6) is 0 Å². The Balaban J connectivity index is 1.67. The summed E-state index contributed by atoms with van der Waals surface area (Å²) in [6.45, 7) is 2.01. The van der Waals surface area contributed by atoms with Crippen LogP contribution in [0.3, 0.4) is 0 Å². The van der Waals surface area contributed by atoms with Crippen molar-refractivity contribution >= 4 is 23.4 Å². The molecule has 0 fully saturated rings. The standard InChI is InChI=1S/C18H15N5OS/c1-13-5-2-3-8-16(13)23-12-20-22-18(23)25-11-17(24)21-15-7-4-6-14(9-15)10-19/h2-9,12H,11H2,1H3,(H,21,24). The van der Waals surface area contributed by atoms with E-state index in [1.807, 2.05) is 41.8 Å². The van der Waals surface area contributed by atoms with Gasteiger partial charge in [0.15, 0.2) is 5.16 Å². The van der Waals surface area contributed by atoms with Crippen LogP contribution in [0, 0.1) is 18.3 Å². The summed E-state index contributed by atoms with van der Waals surface area (Å²) in [6.07, 6.45) is 1.64. The zero-order valence-electron chi connectivity index (χ0n) is 13.5. The highest BCUT2D eigenvalue weighted by molar-refractivity contribution is 7.99. The van der Waals surface area contributed by atoms with E-state index < -0.39 is 0 Å². The zero-order valence-corrected chi connectivity index (χ0v) is 14.3. The number of carbonyl (C=O) groups is 1. The van der Waals surface area contributed by atoms with E-state index in [0.717, 1.165) is 11.3 Å². The number of thioether (sulfide) groups is 1. The fraction of sp³-hybridized carbons (Fsp3) is 0.111. The molecule has 0 spiro atoms. The van der Waals surface area contributed by atoms with E-state index in [0.29, 0.717) is 16.4 Å². The Morgan fingerprint density at radius 1 is 1.28 bits per heavy atom. The van der Waals surface area contributed by atoms with Gasteiger partial charge in [0.25, 0.3) is 0 Å². The Morgan fingerprint density at radius 2 is 2.12 bits per heavy atom. The largest absolute Gasteiger partial charge is 0.325 e. The average Bonchev–Trinajstić information content (AvgIpc) is 3.09. The predicted molar refractivity (Wildman–Crippen MR) is 96.6 cm³/mol. The number of amides is 1. The van der Waals surface area contributed by atoms with Crippen LogP contribution in [0.2, 0.25) is 0 Å². The molecule has 0 aliphatic rings. The first-order valence-corrected chi connectivity index (χ1v) is 8.55. The first-order chi connectivity index (χ1) is 12.2. The minimum Gasteiger partial charge on any atom is -0.325 e. The molecular formula is C18H15N5OS. The van der Waals surface area contributed by atoms with Gasteiger partial charge >= 0.3 is 0 Å². The number of aryl methyl sites for hydroxylation is 1. The van der Waals surface area contributed by atoms with Gasteiger partial charge in [-0.3, -0.25) is 9.36 Å². The van der Waals surface area contributed by atoms with E-state index in [9.17, 15) is 4.79 Å². The van der Waals surface area contributed by atoms with Gasteiger partial charge in [-0.25, -0.2) is 0 Å². The third-order valence-electron chi connectivity index (χ3n) is 3.50. The van der Waals surface area contributed by atoms with Crippen molar-refractivity contribution in [3.8, 4) is 11.8 Å². The first kappa shape index (κ1) is 16.7. The van der Waals surface area contributed by atoms with Crippen LogP contribution in [-0.4, -0.2) is 26.4 Å². The van der Waals surface area contributed by atoms with Crippen LogP contribution in [0.15, 0.2) is 60.0 Å². The molecule has 0 saturated heterocycles. The monoisotopic (exact) mass is 349 g/mol. The van der Waals surface area contributed by atoms with Gasteiger partial charge in [0, 0.05) is 5.69 Å². The second-order valence-electron chi connectivity index (χ2n) is 5.30. The van der Waals surface area contributed by atoms with Gasteiger partial charge in [0.05, 0.1) is 23.1 Å². The number of rotatable bonds is 5. The maximum Gasteiger partial charge on any atom is 0.234 e. The van der Waals surface area contributed by atoms with E-state index in [1.54, 1.807) is 30.6 Å². The first-order valence-electron chi connectivity index (χ1n) is 7.56. The number of benzene rings is 2. The Bertz CT molecular complexity index is 944. The van der Waals surface area contributed by atoms with E-state index in [4.69, 9.17) is 5.26 Å². The lowest BCUT2D eigenvalue weighted by Gasteiger charge is -2.09. The van der Waals surface area contributed by atoms with Gasteiger partial charge in [-0.05, 0) is 36.8 Å². The molecule has 1 amide bonds. The maximum atomic E-state index is 12.1. The summed E-state index contributed by atoms with van der Waals surface area (Å²) in [5.74, 6) is 0.0286. The number of anilines is 1. The molecule has 1 N–H and O–H groups in total. The van der Waals surface area contributed by atoms with Crippen LogP contribution in [0.25, 0.3) is 5.69 Å². The summed E-state index contributed by atoms with van der Waals surface area (Å²) < 4.78 is 1.86. The lowest BCUT2D eigenvalue weighted by molar-refractivity contribution is -0.113. The smallest absolute Gasteiger partial charge is 0.234 e. The van der Waals surface area contributed by atoms with E-state index in [-0.39, 0.29) is 11.7 Å². The SMILES string of the molecule is Cc1ccccc1-n1cnnc1SCC(=O)Nc1cccc(C#N)c1. The third-order valence-corrected chi connectivity index (χ3v) is 4.44. The molecule has 0 bridgehead atoms. The molecular weight excluding hydrogens is 334 g/mol. The van der Waals surface area contributed by atoms with Gasteiger partial charge in [-0.1, -0.05) is 36.0 Å². The highest BCUT2D eigenvalue weighted by atomic mass is 32.2. The van der Waals surface area contributed by atoms with Crippen molar-refractivity contribution in [2.24, 2.45) is 0 Å². The van der Waals surface area contributed by atoms with Crippen molar-refractivity contribution in [2.75, 3.05) is 11.1 Å². The normalized spacial score (nSPS) is 10.2. The molecule has 3 rings (SSSR count). The molecule has 1 heterocycles. The molecule has 1 aromatic heterocycles.